The normalized spacial score (nSPS) is 10.1. The van der Waals surface area contributed by atoms with E-state index in [9.17, 15) is 4.79 Å². The van der Waals surface area contributed by atoms with Crippen LogP contribution < -0.4 is 0 Å². The highest BCUT2D eigenvalue weighted by molar-refractivity contribution is 5.95. The van der Waals surface area contributed by atoms with Crippen molar-refractivity contribution in [2.24, 2.45) is 0 Å². The van der Waals surface area contributed by atoms with Crippen molar-refractivity contribution in [3.8, 4) is 11.3 Å². The van der Waals surface area contributed by atoms with E-state index in [1.54, 1.807) is 24.4 Å². The molecule has 0 fully saturated rings. The van der Waals surface area contributed by atoms with E-state index in [1.165, 1.54) is 0 Å². The topological polar surface area (TPSA) is 50.2 Å². The molecule has 3 nitrogen and oxygen atoms in total. The lowest BCUT2D eigenvalue weighted by atomic mass is 10.0. The number of pyridine rings is 1. The van der Waals surface area contributed by atoms with E-state index in [-0.39, 0.29) is 5.56 Å². The van der Waals surface area contributed by atoms with E-state index < -0.39 is 5.97 Å². The van der Waals surface area contributed by atoms with Crippen molar-refractivity contribution >= 4 is 5.97 Å². The van der Waals surface area contributed by atoms with Crippen molar-refractivity contribution in [3.63, 3.8) is 0 Å². The highest BCUT2D eigenvalue weighted by Crippen LogP contribution is 2.21. The number of aryl methyl sites for hydroxylation is 1. The molecule has 16 heavy (non-hydrogen) atoms. The van der Waals surface area contributed by atoms with Gasteiger partial charge in [0, 0.05) is 11.8 Å². The molecule has 0 amide bonds. The molecule has 0 atom stereocenters. The maximum Gasteiger partial charge on any atom is 0.336 e. The molecule has 0 aliphatic heterocycles. The van der Waals surface area contributed by atoms with Crippen LogP contribution in [0.25, 0.3) is 11.3 Å². The van der Waals surface area contributed by atoms with Gasteiger partial charge in [-0.25, -0.2) is 4.79 Å². The van der Waals surface area contributed by atoms with Crippen LogP contribution in [0.3, 0.4) is 0 Å². The molecule has 0 radical (unpaired) electrons. The summed E-state index contributed by atoms with van der Waals surface area (Å²) in [5.74, 6) is -0.932. The first-order valence-corrected chi connectivity index (χ1v) is 4.94. The van der Waals surface area contributed by atoms with Gasteiger partial charge in [0.15, 0.2) is 0 Å². The van der Waals surface area contributed by atoms with Crippen molar-refractivity contribution < 1.29 is 9.90 Å². The van der Waals surface area contributed by atoms with Crippen molar-refractivity contribution in [2.75, 3.05) is 0 Å². The second-order valence-electron chi connectivity index (χ2n) is 3.57. The van der Waals surface area contributed by atoms with Crippen molar-refractivity contribution in [3.05, 3.63) is 53.7 Å². The Morgan fingerprint density at radius 3 is 2.56 bits per heavy atom. The lowest BCUT2D eigenvalue weighted by Gasteiger charge is -2.05. The molecule has 0 aliphatic carbocycles. The fraction of sp³-hybridized carbons (Fsp3) is 0.0769. The van der Waals surface area contributed by atoms with E-state index in [1.807, 2.05) is 25.1 Å². The SMILES string of the molecule is Cc1ccc(-c2ccccc2C(=O)O)nc1. The third-order valence-corrected chi connectivity index (χ3v) is 2.34. The molecule has 0 spiro atoms. The van der Waals surface area contributed by atoms with Gasteiger partial charge in [-0.2, -0.15) is 0 Å². The van der Waals surface area contributed by atoms with Gasteiger partial charge in [0.2, 0.25) is 0 Å². The maximum absolute atomic E-state index is 11.0. The van der Waals surface area contributed by atoms with Crippen LogP contribution >= 0.6 is 0 Å². The Bertz CT molecular complexity index is 518. The van der Waals surface area contributed by atoms with Crippen LogP contribution in [0.15, 0.2) is 42.6 Å². The van der Waals surface area contributed by atoms with Crippen LogP contribution in [0.2, 0.25) is 0 Å². The summed E-state index contributed by atoms with van der Waals surface area (Å²) in [5.41, 5.74) is 2.66. The highest BCUT2D eigenvalue weighted by atomic mass is 16.4. The summed E-state index contributed by atoms with van der Waals surface area (Å²) < 4.78 is 0. The molecule has 0 saturated heterocycles. The molecule has 0 saturated carbocycles. The zero-order chi connectivity index (χ0) is 11.5. The van der Waals surface area contributed by atoms with Gasteiger partial charge < -0.3 is 5.11 Å². The molecule has 1 aromatic heterocycles. The van der Waals surface area contributed by atoms with Crippen molar-refractivity contribution in [1.29, 1.82) is 0 Å². The lowest BCUT2D eigenvalue weighted by molar-refractivity contribution is 0.0697. The quantitative estimate of drug-likeness (QED) is 0.834. The summed E-state index contributed by atoms with van der Waals surface area (Å²) in [7, 11) is 0. The summed E-state index contributed by atoms with van der Waals surface area (Å²) in [4.78, 5) is 15.3. The highest BCUT2D eigenvalue weighted by Gasteiger charge is 2.10. The minimum absolute atomic E-state index is 0.277. The predicted molar refractivity (Wildman–Crippen MR) is 61.4 cm³/mol. The number of aromatic carboxylic acids is 1. The van der Waals surface area contributed by atoms with Gasteiger partial charge in [-0.3, -0.25) is 4.98 Å². The van der Waals surface area contributed by atoms with E-state index in [4.69, 9.17) is 5.11 Å². The Balaban J connectivity index is 2.55. The molecule has 2 rings (SSSR count). The Kier molecular flexibility index (Phi) is 2.68. The summed E-state index contributed by atoms with van der Waals surface area (Å²) in [6.45, 7) is 1.94. The van der Waals surface area contributed by atoms with Gasteiger partial charge in [0.1, 0.15) is 0 Å². The van der Waals surface area contributed by atoms with E-state index in [0.29, 0.717) is 11.3 Å². The number of carboxylic acids is 1. The van der Waals surface area contributed by atoms with Crippen LogP contribution in [0.4, 0.5) is 0 Å². The smallest absolute Gasteiger partial charge is 0.336 e. The Morgan fingerprint density at radius 1 is 1.19 bits per heavy atom. The number of carbonyl (C=O) groups is 1. The second-order valence-corrected chi connectivity index (χ2v) is 3.57. The first kappa shape index (κ1) is 10.4. The number of rotatable bonds is 2. The number of aromatic nitrogens is 1. The first-order chi connectivity index (χ1) is 7.68. The number of hydrogen-bond donors (Lipinski definition) is 1. The van der Waals surface area contributed by atoms with Gasteiger partial charge in [-0.1, -0.05) is 24.3 Å². The fourth-order valence-corrected chi connectivity index (χ4v) is 1.52. The molecule has 3 heteroatoms. The fourth-order valence-electron chi connectivity index (χ4n) is 1.52. The molecular formula is C13H11NO2. The Hall–Kier alpha value is -2.16. The third-order valence-electron chi connectivity index (χ3n) is 2.34. The van der Waals surface area contributed by atoms with E-state index >= 15 is 0 Å². The molecule has 1 heterocycles. The van der Waals surface area contributed by atoms with Crippen LogP contribution in [0.1, 0.15) is 15.9 Å². The summed E-state index contributed by atoms with van der Waals surface area (Å²) in [5, 5.41) is 9.05. The van der Waals surface area contributed by atoms with Gasteiger partial charge >= 0.3 is 5.97 Å². The second kappa shape index (κ2) is 4.14. The van der Waals surface area contributed by atoms with Crippen LogP contribution in [0.5, 0.6) is 0 Å². The van der Waals surface area contributed by atoms with Crippen LogP contribution in [-0.2, 0) is 0 Å². The maximum atomic E-state index is 11.0. The predicted octanol–water partition coefficient (Wildman–Crippen LogP) is 2.76. The monoisotopic (exact) mass is 213 g/mol. The van der Waals surface area contributed by atoms with Gasteiger partial charge in [-0.05, 0) is 24.6 Å². The minimum Gasteiger partial charge on any atom is -0.478 e. The largest absolute Gasteiger partial charge is 0.478 e. The van der Waals surface area contributed by atoms with Crippen LogP contribution in [0, 0.1) is 6.92 Å². The zero-order valence-electron chi connectivity index (χ0n) is 8.84. The average molecular weight is 213 g/mol. The summed E-state index contributed by atoms with van der Waals surface area (Å²) >= 11 is 0. The van der Waals surface area contributed by atoms with Gasteiger partial charge in [0.05, 0.1) is 11.3 Å². The number of hydrogen-bond acceptors (Lipinski definition) is 2. The number of nitrogens with zero attached hydrogens (tertiary/aromatic N) is 1. The summed E-state index contributed by atoms with van der Waals surface area (Å²) in [6, 6.07) is 10.6. The zero-order valence-corrected chi connectivity index (χ0v) is 8.84. The van der Waals surface area contributed by atoms with Crippen molar-refractivity contribution in [2.45, 2.75) is 6.92 Å². The van der Waals surface area contributed by atoms with Crippen molar-refractivity contribution in [1.82, 2.24) is 4.98 Å². The lowest BCUT2D eigenvalue weighted by Crippen LogP contribution is -1.99. The number of carboxylic acid groups (broad SMARTS) is 1. The van der Waals surface area contributed by atoms with Gasteiger partial charge in [-0.15, -0.1) is 0 Å². The molecule has 2 aromatic rings. The molecule has 80 valence electrons. The molecule has 0 aliphatic rings. The van der Waals surface area contributed by atoms with Crippen LogP contribution in [-0.4, -0.2) is 16.1 Å². The first-order valence-electron chi connectivity index (χ1n) is 4.94. The average Bonchev–Trinajstić information content (AvgIpc) is 2.30. The summed E-state index contributed by atoms with van der Waals surface area (Å²) in [6.07, 6.45) is 1.73. The molecule has 0 bridgehead atoms. The molecule has 1 aromatic carbocycles. The van der Waals surface area contributed by atoms with Gasteiger partial charge in [0.25, 0.3) is 0 Å². The van der Waals surface area contributed by atoms with E-state index in [2.05, 4.69) is 4.98 Å². The standard InChI is InChI=1S/C13H11NO2/c1-9-6-7-12(14-8-9)10-4-2-3-5-11(10)13(15)16/h2-8H,1H3,(H,15,16). The Labute approximate surface area is 93.4 Å². The Morgan fingerprint density at radius 2 is 1.94 bits per heavy atom. The van der Waals surface area contributed by atoms with E-state index in [0.717, 1.165) is 5.56 Å². The molecular weight excluding hydrogens is 202 g/mol. The minimum atomic E-state index is -0.932. The molecule has 1 N–H and O–H groups in total. The third kappa shape index (κ3) is 1.93. The molecule has 0 unspecified atom stereocenters. The number of benzene rings is 1.